The van der Waals surface area contributed by atoms with E-state index in [2.05, 4.69) is 9.97 Å². The summed E-state index contributed by atoms with van der Waals surface area (Å²) in [5.74, 6) is 0.270. The molecular formula is C15H20N2O2. The van der Waals surface area contributed by atoms with Gasteiger partial charge in [-0.05, 0) is 25.7 Å². The normalized spacial score (nSPS) is 26.2. The topological polar surface area (TPSA) is 52.1 Å². The molecule has 2 fully saturated rings. The van der Waals surface area contributed by atoms with Crippen molar-refractivity contribution in [3.63, 3.8) is 0 Å². The molecule has 2 aliphatic rings. The van der Waals surface area contributed by atoms with E-state index >= 15 is 0 Å². The maximum atomic E-state index is 12.5. The first-order chi connectivity index (χ1) is 9.29. The molecule has 2 heterocycles. The Morgan fingerprint density at radius 1 is 1.21 bits per heavy atom. The number of carbonyl (C=O) groups excluding carboxylic acids is 1. The molecule has 19 heavy (non-hydrogen) atoms. The Morgan fingerprint density at radius 2 is 1.95 bits per heavy atom. The summed E-state index contributed by atoms with van der Waals surface area (Å²) >= 11 is 0. The first kappa shape index (κ1) is 12.7. The van der Waals surface area contributed by atoms with Gasteiger partial charge in [0, 0.05) is 24.9 Å². The van der Waals surface area contributed by atoms with Gasteiger partial charge in [0.1, 0.15) is 6.33 Å². The first-order valence-corrected chi connectivity index (χ1v) is 7.22. The van der Waals surface area contributed by atoms with Crippen LogP contribution in [0.2, 0.25) is 0 Å². The van der Waals surface area contributed by atoms with Crippen LogP contribution >= 0.6 is 0 Å². The van der Waals surface area contributed by atoms with Crippen LogP contribution < -0.4 is 0 Å². The van der Waals surface area contributed by atoms with Crippen molar-refractivity contribution in [3.8, 4) is 0 Å². The molecule has 4 heteroatoms. The fourth-order valence-electron chi connectivity index (χ4n) is 3.46. The van der Waals surface area contributed by atoms with Gasteiger partial charge in [0.25, 0.3) is 0 Å². The van der Waals surface area contributed by atoms with E-state index in [1.165, 1.54) is 25.6 Å². The molecule has 4 nitrogen and oxygen atoms in total. The summed E-state index contributed by atoms with van der Waals surface area (Å²) in [4.78, 5) is 20.4. The zero-order chi connectivity index (χ0) is 13.1. The number of hydrogen-bond donors (Lipinski definition) is 0. The Hall–Kier alpha value is -1.29. The molecule has 1 atom stereocenters. The average molecular weight is 260 g/mol. The van der Waals surface area contributed by atoms with Gasteiger partial charge < -0.3 is 4.74 Å². The van der Waals surface area contributed by atoms with Crippen LogP contribution in [-0.4, -0.2) is 28.0 Å². The van der Waals surface area contributed by atoms with Crippen molar-refractivity contribution < 1.29 is 9.53 Å². The number of ether oxygens (including phenoxy) is 1. The van der Waals surface area contributed by atoms with Crippen LogP contribution in [0.15, 0.2) is 18.7 Å². The van der Waals surface area contributed by atoms with Crippen LogP contribution in [0.4, 0.5) is 0 Å². The smallest absolute Gasteiger partial charge is 0.169 e. The third kappa shape index (κ3) is 2.68. The van der Waals surface area contributed by atoms with Crippen LogP contribution in [0.25, 0.3) is 0 Å². The first-order valence-electron chi connectivity index (χ1n) is 7.22. The second-order valence-electron chi connectivity index (χ2n) is 5.77. The lowest BCUT2D eigenvalue weighted by atomic mass is 9.74. The van der Waals surface area contributed by atoms with E-state index in [-0.39, 0.29) is 17.3 Å². The molecule has 0 N–H and O–H groups in total. The second-order valence-corrected chi connectivity index (χ2v) is 5.77. The highest BCUT2D eigenvalue weighted by molar-refractivity contribution is 5.97. The molecule has 1 aromatic rings. The Kier molecular flexibility index (Phi) is 3.60. The summed E-state index contributed by atoms with van der Waals surface area (Å²) in [6, 6.07) is 0. The van der Waals surface area contributed by atoms with Crippen molar-refractivity contribution in [2.45, 2.75) is 50.5 Å². The summed E-state index contributed by atoms with van der Waals surface area (Å²) in [5, 5.41) is 0. The quantitative estimate of drug-likeness (QED) is 0.767. The Morgan fingerprint density at radius 3 is 2.68 bits per heavy atom. The minimum atomic E-state index is -0.0214. The number of carbonyl (C=O) groups is 1. The largest absolute Gasteiger partial charge is 0.375 e. The number of Topliss-reactive ketones (excluding diaryl/α,β-unsaturated/α-hetero) is 1. The molecule has 0 radical (unpaired) electrons. The van der Waals surface area contributed by atoms with Crippen LogP contribution in [0.5, 0.6) is 0 Å². The molecule has 0 bridgehead atoms. The second kappa shape index (κ2) is 5.37. The van der Waals surface area contributed by atoms with Crippen LogP contribution in [0, 0.1) is 5.92 Å². The Bertz CT molecular complexity index is 435. The van der Waals surface area contributed by atoms with Crippen molar-refractivity contribution in [1.29, 1.82) is 0 Å². The summed E-state index contributed by atoms with van der Waals surface area (Å²) in [6.45, 7) is 0.712. The average Bonchev–Trinajstić information content (AvgIpc) is 2.48. The molecule has 1 spiro atoms. The Balaban J connectivity index is 1.73. The van der Waals surface area contributed by atoms with Crippen molar-refractivity contribution in [1.82, 2.24) is 9.97 Å². The maximum absolute atomic E-state index is 12.5. The lowest BCUT2D eigenvalue weighted by molar-refractivity contribution is -0.111. The van der Waals surface area contributed by atoms with Crippen molar-refractivity contribution in [2.75, 3.05) is 6.61 Å². The van der Waals surface area contributed by atoms with E-state index < -0.39 is 0 Å². The molecule has 0 amide bonds. The SMILES string of the molecule is O=C(c1cncnc1)C1CCOC2(CCCCC2)C1. The van der Waals surface area contributed by atoms with E-state index in [1.807, 2.05) is 0 Å². The van der Waals surface area contributed by atoms with Crippen LogP contribution in [-0.2, 0) is 4.74 Å². The van der Waals surface area contributed by atoms with Gasteiger partial charge in [0.05, 0.1) is 11.2 Å². The predicted molar refractivity (Wildman–Crippen MR) is 70.9 cm³/mol. The van der Waals surface area contributed by atoms with Gasteiger partial charge in [0.2, 0.25) is 0 Å². The fourth-order valence-corrected chi connectivity index (χ4v) is 3.46. The van der Waals surface area contributed by atoms with E-state index in [4.69, 9.17) is 4.74 Å². The lowest BCUT2D eigenvalue weighted by Gasteiger charge is -2.43. The molecule has 1 aromatic heterocycles. The third-order valence-electron chi connectivity index (χ3n) is 4.47. The third-order valence-corrected chi connectivity index (χ3v) is 4.47. The van der Waals surface area contributed by atoms with Crippen molar-refractivity contribution in [3.05, 3.63) is 24.3 Å². The monoisotopic (exact) mass is 260 g/mol. The van der Waals surface area contributed by atoms with E-state index in [0.29, 0.717) is 12.2 Å². The number of rotatable bonds is 2. The number of hydrogen-bond acceptors (Lipinski definition) is 4. The molecule has 3 rings (SSSR count). The van der Waals surface area contributed by atoms with Gasteiger partial charge in [0.15, 0.2) is 5.78 Å². The standard InChI is InChI=1S/C15H20N2O2/c18-14(13-9-16-11-17-10-13)12-4-7-19-15(8-12)5-2-1-3-6-15/h9-12H,1-8H2. The summed E-state index contributed by atoms with van der Waals surface area (Å²) in [5.41, 5.74) is 0.618. The van der Waals surface area contributed by atoms with Gasteiger partial charge >= 0.3 is 0 Å². The maximum Gasteiger partial charge on any atom is 0.169 e. The molecule has 0 aromatic carbocycles. The van der Waals surface area contributed by atoms with Crippen molar-refractivity contribution >= 4 is 5.78 Å². The molecular weight excluding hydrogens is 240 g/mol. The molecule has 1 unspecified atom stereocenters. The molecule has 1 aliphatic heterocycles. The summed E-state index contributed by atoms with van der Waals surface area (Å²) in [6.07, 6.45) is 12.4. The minimum absolute atomic E-state index is 0.0214. The zero-order valence-corrected chi connectivity index (χ0v) is 11.2. The van der Waals surface area contributed by atoms with E-state index in [0.717, 1.165) is 25.7 Å². The van der Waals surface area contributed by atoms with E-state index in [1.54, 1.807) is 12.4 Å². The highest BCUT2D eigenvalue weighted by Gasteiger charge is 2.40. The van der Waals surface area contributed by atoms with Crippen LogP contribution in [0.1, 0.15) is 55.3 Å². The zero-order valence-electron chi connectivity index (χ0n) is 11.2. The number of aromatic nitrogens is 2. The summed E-state index contributed by atoms with van der Waals surface area (Å²) < 4.78 is 6.04. The highest BCUT2D eigenvalue weighted by Crippen LogP contribution is 2.41. The Labute approximate surface area is 113 Å². The fraction of sp³-hybridized carbons (Fsp3) is 0.667. The summed E-state index contributed by atoms with van der Waals surface area (Å²) in [7, 11) is 0. The molecule has 1 saturated carbocycles. The number of nitrogens with zero attached hydrogens (tertiary/aromatic N) is 2. The van der Waals surface area contributed by atoms with Gasteiger partial charge in [-0.15, -0.1) is 0 Å². The van der Waals surface area contributed by atoms with Gasteiger partial charge in [-0.2, -0.15) is 0 Å². The van der Waals surface area contributed by atoms with Gasteiger partial charge in [-0.3, -0.25) is 4.79 Å². The minimum Gasteiger partial charge on any atom is -0.375 e. The van der Waals surface area contributed by atoms with E-state index in [9.17, 15) is 4.79 Å². The van der Waals surface area contributed by atoms with Crippen molar-refractivity contribution in [2.24, 2.45) is 5.92 Å². The van der Waals surface area contributed by atoms with Gasteiger partial charge in [-0.25, -0.2) is 9.97 Å². The van der Waals surface area contributed by atoms with Crippen LogP contribution in [0.3, 0.4) is 0 Å². The van der Waals surface area contributed by atoms with Gasteiger partial charge in [-0.1, -0.05) is 19.3 Å². The lowest BCUT2D eigenvalue weighted by Crippen LogP contribution is -2.43. The molecule has 1 aliphatic carbocycles. The number of ketones is 1. The highest BCUT2D eigenvalue weighted by atomic mass is 16.5. The molecule has 102 valence electrons. The predicted octanol–water partition coefficient (Wildman–Crippen LogP) is 2.79. The molecule has 1 saturated heterocycles.